The summed E-state index contributed by atoms with van der Waals surface area (Å²) in [6.07, 6.45) is 1.83. The molecule has 0 saturated heterocycles. The standard InChI is InChI=1S/C27H29NO4/c1-4-13-32-27(30)24-17(2)28-22-15-20(18-9-6-5-7-10-18)16-23(29)26(22)25(24)19-11-8-12-21(14-19)31-3/h5-12,14,20,24-25H,4,13,15-16H2,1-3H3/t20-,24?,25+/m0/s1. The van der Waals surface area contributed by atoms with E-state index in [2.05, 4.69) is 12.1 Å². The van der Waals surface area contributed by atoms with Crippen LogP contribution in [0.1, 0.15) is 56.1 Å². The summed E-state index contributed by atoms with van der Waals surface area (Å²) in [5.41, 5.74) is 4.15. The van der Waals surface area contributed by atoms with Crippen molar-refractivity contribution >= 4 is 17.5 Å². The molecule has 0 bridgehead atoms. The van der Waals surface area contributed by atoms with Crippen molar-refractivity contribution in [3.8, 4) is 5.75 Å². The van der Waals surface area contributed by atoms with E-state index in [1.165, 1.54) is 0 Å². The van der Waals surface area contributed by atoms with Gasteiger partial charge < -0.3 is 9.47 Å². The molecule has 2 aliphatic rings. The molecule has 1 aliphatic carbocycles. The number of aliphatic imine (C=N–C) groups is 1. The van der Waals surface area contributed by atoms with Gasteiger partial charge in [-0.3, -0.25) is 14.6 Å². The van der Waals surface area contributed by atoms with Gasteiger partial charge in [0.05, 0.1) is 13.7 Å². The zero-order valence-electron chi connectivity index (χ0n) is 18.8. The van der Waals surface area contributed by atoms with E-state index < -0.39 is 11.8 Å². The summed E-state index contributed by atoms with van der Waals surface area (Å²) in [5.74, 6) is -0.539. The molecule has 0 radical (unpaired) electrons. The van der Waals surface area contributed by atoms with E-state index >= 15 is 0 Å². The highest BCUT2D eigenvalue weighted by atomic mass is 16.5. The maximum Gasteiger partial charge on any atom is 0.315 e. The van der Waals surface area contributed by atoms with E-state index in [1.54, 1.807) is 7.11 Å². The van der Waals surface area contributed by atoms with Gasteiger partial charge in [0.1, 0.15) is 11.7 Å². The molecular weight excluding hydrogens is 402 g/mol. The van der Waals surface area contributed by atoms with Gasteiger partial charge in [-0.25, -0.2) is 0 Å². The lowest BCUT2D eigenvalue weighted by Crippen LogP contribution is -2.38. The number of ketones is 1. The molecular formula is C27H29NO4. The number of Topliss-reactive ketones (excluding diaryl/α,β-unsaturated/α-hetero) is 1. The molecule has 0 spiro atoms. The van der Waals surface area contributed by atoms with Crippen molar-refractivity contribution in [3.63, 3.8) is 0 Å². The summed E-state index contributed by atoms with van der Waals surface area (Å²) in [6, 6.07) is 17.7. The number of nitrogens with zero attached hydrogens (tertiary/aromatic N) is 1. The number of rotatable bonds is 6. The Kier molecular flexibility index (Phi) is 6.54. The number of hydrogen-bond acceptors (Lipinski definition) is 5. The molecule has 0 aromatic heterocycles. The third kappa shape index (κ3) is 4.24. The summed E-state index contributed by atoms with van der Waals surface area (Å²) in [4.78, 5) is 31.4. The highest BCUT2D eigenvalue weighted by Gasteiger charge is 2.44. The predicted octanol–water partition coefficient (Wildman–Crippen LogP) is 5.22. The van der Waals surface area contributed by atoms with E-state index in [4.69, 9.17) is 14.5 Å². The summed E-state index contributed by atoms with van der Waals surface area (Å²) in [5, 5.41) is 0. The average Bonchev–Trinajstić information content (AvgIpc) is 2.82. The fourth-order valence-corrected chi connectivity index (χ4v) is 4.81. The molecule has 4 rings (SSSR count). The lowest BCUT2D eigenvalue weighted by molar-refractivity contribution is -0.146. The Morgan fingerprint density at radius 2 is 1.81 bits per heavy atom. The second-order valence-electron chi connectivity index (χ2n) is 8.45. The van der Waals surface area contributed by atoms with Crippen molar-refractivity contribution in [2.24, 2.45) is 10.9 Å². The number of ether oxygens (including phenoxy) is 2. The first kappa shape index (κ1) is 22.0. The largest absolute Gasteiger partial charge is 0.497 e. The lowest BCUT2D eigenvalue weighted by atomic mass is 9.69. The average molecular weight is 432 g/mol. The van der Waals surface area contributed by atoms with Crippen LogP contribution in [0.25, 0.3) is 0 Å². The highest BCUT2D eigenvalue weighted by molar-refractivity contribution is 6.09. The molecule has 1 unspecified atom stereocenters. The minimum atomic E-state index is -0.621. The Hall–Kier alpha value is -3.21. The molecule has 2 aromatic carbocycles. The minimum Gasteiger partial charge on any atom is -0.497 e. The predicted molar refractivity (Wildman–Crippen MR) is 124 cm³/mol. The number of benzene rings is 2. The van der Waals surface area contributed by atoms with Gasteiger partial charge in [0.25, 0.3) is 0 Å². The molecule has 2 aromatic rings. The number of methoxy groups -OCH3 is 1. The van der Waals surface area contributed by atoms with Gasteiger partial charge in [-0.1, -0.05) is 49.4 Å². The normalized spacial score (nSPS) is 22.8. The van der Waals surface area contributed by atoms with E-state index in [-0.39, 0.29) is 17.7 Å². The van der Waals surface area contributed by atoms with Crippen LogP contribution in [0.5, 0.6) is 5.75 Å². The van der Waals surface area contributed by atoms with Gasteiger partial charge in [0, 0.05) is 29.3 Å². The van der Waals surface area contributed by atoms with Crippen molar-refractivity contribution < 1.29 is 19.1 Å². The summed E-state index contributed by atoms with van der Waals surface area (Å²) in [7, 11) is 1.61. The molecule has 5 nitrogen and oxygen atoms in total. The number of hydrogen-bond donors (Lipinski definition) is 0. The van der Waals surface area contributed by atoms with E-state index in [1.807, 2.05) is 56.3 Å². The molecule has 1 heterocycles. The summed E-state index contributed by atoms with van der Waals surface area (Å²) < 4.78 is 11.0. The topological polar surface area (TPSA) is 65.0 Å². The van der Waals surface area contributed by atoms with Crippen LogP contribution in [0.15, 0.2) is 70.9 Å². The number of allylic oxidation sites excluding steroid dienone is 2. The van der Waals surface area contributed by atoms with Crippen LogP contribution in [-0.2, 0) is 14.3 Å². The zero-order chi connectivity index (χ0) is 22.7. The second kappa shape index (κ2) is 9.51. The third-order valence-electron chi connectivity index (χ3n) is 6.31. The van der Waals surface area contributed by atoms with Crippen molar-refractivity contribution in [2.75, 3.05) is 13.7 Å². The molecule has 0 amide bonds. The Balaban J connectivity index is 1.79. The van der Waals surface area contributed by atoms with Gasteiger partial charge in [-0.15, -0.1) is 0 Å². The molecule has 0 N–H and O–H groups in total. The van der Waals surface area contributed by atoms with Crippen molar-refractivity contribution in [2.45, 2.75) is 44.9 Å². The van der Waals surface area contributed by atoms with Crippen LogP contribution in [0.2, 0.25) is 0 Å². The first-order chi connectivity index (χ1) is 15.5. The second-order valence-corrected chi connectivity index (χ2v) is 8.45. The van der Waals surface area contributed by atoms with Gasteiger partial charge in [-0.2, -0.15) is 0 Å². The summed E-state index contributed by atoms with van der Waals surface area (Å²) in [6.45, 7) is 4.18. The zero-order valence-corrected chi connectivity index (χ0v) is 18.8. The van der Waals surface area contributed by atoms with Gasteiger partial charge in [0.15, 0.2) is 5.78 Å². The van der Waals surface area contributed by atoms with Crippen LogP contribution < -0.4 is 4.74 Å². The highest BCUT2D eigenvalue weighted by Crippen LogP contribution is 2.47. The minimum absolute atomic E-state index is 0.0532. The third-order valence-corrected chi connectivity index (χ3v) is 6.31. The maximum absolute atomic E-state index is 13.5. The maximum atomic E-state index is 13.5. The molecule has 5 heteroatoms. The van der Waals surface area contributed by atoms with Crippen LogP contribution in [-0.4, -0.2) is 31.2 Å². The molecule has 166 valence electrons. The van der Waals surface area contributed by atoms with Crippen molar-refractivity contribution in [3.05, 3.63) is 77.0 Å². The Bertz CT molecular complexity index is 1070. The van der Waals surface area contributed by atoms with E-state index in [9.17, 15) is 9.59 Å². The smallest absolute Gasteiger partial charge is 0.315 e. The van der Waals surface area contributed by atoms with Gasteiger partial charge in [-0.05, 0) is 48.9 Å². The monoisotopic (exact) mass is 431 g/mol. The number of carbonyl (C=O) groups is 2. The summed E-state index contributed by atoms with van der Waals surface area (Å²) >= 11 is 0. The molecule has 1 aliphatic heterocycles. The first-order valence-electron chi connectivity index (χ1n) is 11.2. The molecule has 32 heavy (non-hydrogen) atoms. The molecule has 0 saturated carbocycles. The number of esters is 1. The van der Waals surface area contributed by atoms with Crippen molar-refractivity contribution in [1.82, 2.24) is 0 Å². The Morgan fingerprint density at radius 1 is 1.06 bits per heavy atom. The fourth-order valence-electron chi connectivity index (χ4n) is 4.81. The van der Waals surface area contributed by atoms with Crippen molar-refractivity contribution in [1.29, 1.82) is 0 Å². The van der Waals surface area contributed by atoms with Gasteiger partial charge in [0.2, 0.25) is 0 Å². The lowest BCUT2D eigenvalue weighted by Gasteiger charge is -2.36. The number of carbonyl (C=O) groups excluding carboxylic acids is 2. The van der Waals surface area contributed by atoms with E-state index in [0.29, 0.717) is 36.5 Å². The quantitative estimate of drug-likeness (QED) is 0.588. The van der Waals surface area contributed by atoms with Crippen LogP contribution in [0.3, 0.4) is 0 Å². The Morgan fingerprint density at radius 3 is 2.53 bits per heavy atom. The first-order valence-corrected chi connectivity index (χ1v) is 11.2. The fraction of sp³-hybridized carbons (Fsp3) is 0.370. The van der Waals surface area contributed by atoms with Crippen LogP contribution in [0.4, 0.5) is 0 Å². The molecule has 0 fully saturated rings. The SMILES string of the molecule is CCCOC(=O)C1C(C)=NC2=C(C(=O)C[C@@H](c3ccccc3)C2)[C@@H]1c1cccc(OC)c1. The van der Waals surface area contributed by atoms with Gasteiger partial charge >= 0.3 is 5.97 Å². The van der Waals surface area contributed by atoms with Crippen LogP contribution >= 0.6 is 0 Å². The van der Waals surface area contributed by atoms with E-state index in [0.717, 1.165) is 23.2 Å². The Labute approximate surface area is 189 Å². The molecule has 3 atom stereocenters. The van der Waals surface area contributed by atoms with Crippen LogP contribution in [0, 0.1) is 5.92 Å².